The van der Waals surface area contributed by atoms with Gasteiger partial charge in [-0.2, -0.15) is 0 Å². The zero-order valence-electron chi connectivity index (χ0n) is 16.1. The van der Waals surface area contributed by atoms with Gasteiger partial charge in [0, 0.05) is 18.1 Å². The fourth-order valence-corrected chi connectivity index (χ4v) is 3.41. The lowest BCUT2D eigenvalue weighted by molar-refractivity contribution is -0.123. The van der Waals surface area contributed by atoms with Gasteiger partial charge < -0.3 is 10.3 Å². The first-order chi connectivity index (χ1) is 14.7. The molecule has 2 N–H and O–H groups in total. The minimum Gasteiger partial charge on any atom is -0.348 e. The van der Waals surface area contributed by atoms with Crippen LogP contribution in [-0.4, -0.2) is 20.4 Å². The van der Waals surface area contributed by atoms with Gasteiger partial charge >= 0.3 is 5.69 Å². The summed E-state index contributed by atoms with van der Waals surface area (Å²) >= 11 is 0. The molecule has 1 amide bonds. The summed E-state index contributed by atoms with van der Waals surface area (Å²) in [6.45, 7) is 1.37. The summed E-state index contributed by atoms with van der Waals surface area (Å²) in [5.74, 6) is -3.29. The third kappa shape index (κ3) is 3.80. The Morgan fingerprint density at radius 2 is 2.00 bits per heavy atom. The number of pyridine rings is 1. The lowest BCUT2D eigenvalue weighted by Gasteiger charge is -2.24. The van der Waals surface area contributed by atoms with Gasteiger partial charge in [0.15, 0.2) is 0 Å². The molecule has 0 unspecified atom stereocenters. The van der Waals surface area contributed by atoms with E-state index in [2.05, 4.69) is 21.0 Å². The zero-order chi connectivity index (χ0) is 22.3. The number of nitrogens with one attached hydrogen (secondary N) is 2. The summed E-state index contributed by atoms with van der Waals surface area (Å²) in [6.07, 6.45) is 1.13. The highest BCUT2D eigenvalue weighted by Crippen LogP contribution is 2.28. The molecule has 1 aliphatic rings. The number of amides is 1. The minimum atomic E-state index is -1.38. The predicted molar refractivity (Wildman–Crippen MR) is 105 cm³/mol. The number of rotatable bonds is 5. The van der Waals surface area contributed by atoms with Gasteiger partial charge in [-0.1, -0.05) is 0 Å². The van der Waals surface area contributed by atoms with Crippen LogP contribution in [0.2, 0.25) is 0 Å². The van der Waals surface area contributed by atoms with E-state index in [4.69, 9.17) is 0 Å². The van der Waals surface area contributed by atoms with E-state index in [0.717, 1.165) is 23.9 Å². The molecule has 1 aliphatic carbocycles. The number of hydrogen-bond donors (Lipinski definition) is 2. The largest absolute Gasteiger partial charge is 0.348 e. The summed E-state index contributed by atoms with van der Waals surface area (Å²) in [5.41, 5.74) is 2.26. The summed E-state index contributed by atoms with van der Waals surface area (Å²) in [7, 11) is 0. The predicted octanol–water partition coefficient (Wildman–Crippen LogP) is 2.23. The molecule has 10 heteroatoms. The Morgan fingerprint density at radius 1 is 1.26 bits per heavy atom. The highest BCUT2D eigenvalue weighted by Gasteiger charge is 2.31. The monoisotopic (exact) mass is 428 g/mol. The van der Waals surface area contributed by atoms with Crippen LogP contribution in [0.4, 0.5) is 13.2 Å². The van der Waals surface area contributed by atoms with Crippen LogP contribution in [-0.2, 0) is 11.3 Å². The molecule has 31 heavy (non-hydrogen) atoms. The van der Waals surface area contributed by atoms with E-state index in [1.165, 1.54) is 6.07 Å². The van der Waals surface area contributed by atoms with E-state index >= 15 is 0 Å². The molecular weight excluding hydrogens is 413 g/mol. The number of nitrogens with zero attached hydrogens (tertiary/aromatic N) is 2. The van der Waals surface area contributed by atoms with Crippen molar-refractivity contribution in [1.82, 2.24) is 19.9 Å². The standard InChI is InChI=1S/C21H15F3N4O3/c1-10-4-11(5-10)18(19(29)26-9-17-15(24)7-13(23)8-25-17)28-20(30)14-6-12(22)2-3-16(14)27-21(28)31/h2-3,6-8,18H,4,9H2,1H3,(H,26,29)(H,27,31)/t18-/m0/s1. The summed E-state index contributed by atoms with van der Waals surface area (Å²) in [4.78, 5) is 44.6. The van der Waals surface area contributed by atoms with Crippen molar-refractivity contribution in [2.24, 2.45) is 0 Å². The molecule has 0 radical (unpaired) electrons. The lowest BCUT2D eigenvalue weighted by Crippen LogP contribution is -2.45. The molecule has 0 fully saturated rings. The molecule has 0 saturated heterocycles. The van der Waals surface area contributed by atoms with E-state index in [1.54, 1.807) is 6.92 Å². The SMILES string of the molecule is CC1=C=C([C@@H](C(=O)NCc2ncc(F)cc2F)n2c(=O)[nH]c3ccc(F)cc3c2=O)C1. The normalized spacial score (nSPS) is 13.9. The quantitative estimate of drug-likeness (QED) is 0.609. The van der Waals surface area contributed by atoms with Crippen molar-refractivity contribution in [1.29, 1.82) is 0 Å². The topological polar surface area (TPSA) is 96.8 Å². The summed E-state index contributed by atoms with van der Waals surface area (Å²) < 4.78 is 41.2. The van der Waals surface area contributed by atoms with Gasteiger partial charge in [-0.05, 0) is 30.7 Å². The molecule has 2 heterocycles. The fraction of sp³-hybridized carbons (Fsp3) is 0.190. The van der Waals surface area contributed by atoms with Gasteiger partial charge in [0.1, 0.15) is 23.5 Å². The van der Waals surface area contributed by atoms with E-state index in [0.29, 0.717) is 22.6 Å². The second kappa shape index (κ2) is 7.73. The van der Waals surface area contributed by atoms with Gasteiger partial charge in [0.05, 0.1) is 29.3 Å². The highest BCUT2D eigenvalue weighted by atomic mass is 19.1. The maximum atomic E-state index is 13.8. The van der Waals surface area contributed by atoms with Crippen LogP contribution in [0.3, 0.4) is 0 Å². The van der Waals surface area contributed by atoms with Gasteiger partial charge in [-0.3, -0.25) is 14.6 Å². The minimum absolute atomic E-state index is 0.107. The van der Waals surface area contributed by atoms with Gasteiger partial charge in [0.2, 0.25) is 5.91 Å². The second-order valence-electron chi connectivity index (χ2n) is 7.10. The molecule has 0 saturated carbocycles. The number of fused-ring (bicyclic) bond motifs is 1. The molecular formula is C21H15F3N4O3. The molecule has 0 bridgehead atoms. The van der Waals surface area contributed by atoms with E-state index < -0.39 is 47.2 Å². The van der Waals surface area contributed by atoms with Crippen LogP contribution < -0.4 is 16.6 Å². The Labute approximate surface area is 172 Å². The number of aromatic amines is 1. The van der Waals surface area contributed by atoms with Crippen molar-refractivity contribution in [2.45, 2.75) is 25.9 Å². The fourth-order valence-electron chi connectivity index (χ4n) is 3.41. The number of halogens is 3. The Morgan fingerprint density at radius 3 is 2.68 bits per heavy atom. The number of H-pyrrole nitrogens is 1. The van der Waals surface area contributed by atoms with Crippen LogP contribution in [0.1, 0.15) is 25.1 Å². The van der Waals surface area contributed by atoms with Crippen molar-refractivity contribution in [3.63, 3.8) is 0 Å². The Balaban J connectivity index is 1.76. The molecule has 2 aromatic heterocycles. The molecule has 1 atom stereocenters. The Hall–Kier alpha value is -3.91. The van der Waals surface area contributed by atoms with Crippen LogP contribution >= 0.6 is 0 Å². The summed E-state index contributed by atoms with van der Waals surface area (Å²) in [5, 5.41) is 2.31. The highest BCUT2D eigenvalue weighted by molar-refractivity contribution is 5.84. The molecule has 1 aromatic carbocycles. The van der Waals surface area contributed by atoms with Crippen LogP contribution in [0.5, 0.6) is 0 Å². The van der Waals surface area contributed by atoms with Gasteiger partial charge in [0.25, 0.3) is 5.56 Å². The van der Waals surface area contributed by atoms with Crippen molar-refractivity contribution in [2.75, 3.05) is 0 Å². The molecule has 158 valence electrons. The average molecular weight is 428 g/mol. The Bertz CT molecular complexity index is 1420. The van der Waals surface area contributed by atoms with Crippen molar-refractivity contribution >= 4 is 16.8 Å². The maximum absolute atomic E-state index is 13.8. The van der Waals surface area contributed by atoms with Crippen molar-refractivity contribution in [3.05, 3.63) is 91.3 Å². The number of benzene rings is 1. The average Bonchev–Trinajstić information content (AvgIpc) is 2.69. The van der Waals surface area contributed by atoms with Crippen LogP contribution in [0.25, 0.3) is 10.9 Å². The number of aromatic nitrogens is 3. The smallest absolute Gasteiger partial charge is 0.329 e. The number of carbonyl (C=O) groups is 1. The molecule has 7 nitrogen and oxygen atoms in total. The van der Waals surface area contributed by atoms with E-state index in [-0.39, 0.29) is 16.6 Å². The van der Waals surface area contributed by atoms with E-state index in [1.807, 2.05) is 0 Å². The third-order valence-corrected chi connectivity index (χ3v) is 4.87. The first-order valence-electron chi connectivity index (χ1n) is 9.21. The Kier molecular flexibility index (Phi) is 5.08. The second-order valence-corrected chi connectivity index (χ2v) is 7.10. The molecule has 3 aromatic rings. The summed E-state index contributed by atoms with van der Waals surface area (Å²) in [6, 6.07) is 2.56. The van der Waals surface area contributed by atoms with Crippen molar-refractivity contribution < 1.29 is 18.0 Å². The van der Waals surface area contributed by atoms with Gasteiger partial charge in [-0.25, -0.2) is 22.5 Å². The molecule has 0 aliphatic heterocycles. The number of carbonyl (C=O) groups excluding carboxylic acids is 1. The number of hydrogen-bond acceptors (Lipinski definition) is 4. The lowest BCUT2D eigenvalue weighted by atomic mass is 9.91. The first kappa shape index (κ1) is 20.4. The zero-order valence-corrected chi connectivity index (χ0v) is 16.1. The molecule has 4 rings (SSSR count). The van der Waals surface area contributed by atoms with E-state index in [9.17, 15) is 27.6 Å². The first-order valence-corrected chi connectivity index (χ1v) is 9.21. The van der Waals surface area contributed by atoms with Crippen molar-refractivity contribution in [3.8, 4) is 0 Å². The van der Waals surface area contributed by atoms with Crippen LogP contribution in [0.15, 0.2) is 56.9 Å². The van der Waals surface area contributed by atoms with Gasteiger partial charge in [-0.15, -0.1) is 5.73 Å². The molecule has 0 spiro atoms. The third-order valence-electron chi connectivity index (χ3n) is 4.87. The maximum Gasteiger partial charge on any atom is 0.329 e. The van der Waals surface area contributed by atoms with Crippen LogP contribution in [0, 0.1) is 17.5 Å².